The van der Waals surface area contributed by atoms with E-state index < -0.39 is 0 Å². The van der Waals surface area contributed by atoms with Crippen molar-refractivity contribution in [3.8, 4) is 0 Å². The average molecular weight is 345 g/mol. The predicted molar refractivity (Wildman–Crippen MR) is 92.9 cm³/mol. The standard InChI is InChI=1S/C19H27N3O3/c1-11-17(12(2)22(3)21-11)20-16(23)10-25-18(24)19-7-13-4-14(8-19)6-15(5-13)9-19/h13-15H,4-10H2,1-3H3,(H,20,23). The number of nitrogens with zero attached hydrogens (tertiary/aromatic N) is 2. The molecular weight excluding hydrogens is 318 g/mol. The van der Waals surface area contributed by atoms with Gasteiger partial charge in [0.05, 0.1) is 22.5 Å². The largest absolute Gasteiger partial charge is 0.455 e. The second-order valence-corrected chi connectivity index (χ2v) is 8.49. The lowest BCUT2D eigenvalue weighted by Crippen LogP contribution is -2.50. The zero-order chi connectivity index (χ0) is 17.8. The number of aromatic nitrogens is 2. The number of hydrogen-bond donors (Lipinski definition) is 1. The minimum atomic E-state index is -0.310. The van der Waals surface area contributed by atoms with E-state index in [0.717, 1.165) is 30.7 Å². The Labute approximate surface area is 148 Å². The first-order valence-electron chi connectivity index (χ1n) is 9.33. The summed E-state index contributed by atoms with van der Waals surface area (Å²) in [6.07, 6.45) is 6.73. The van der Waals surface area contributed by atoms with Gasteiger partial charge in [0.1, 0.15) is 0 Å². The van der Waals surface area contributed by atoms with Gasteiger partial charge in [0.15, 0.2) is 6.61 Å². The van der Waals surface area contributed by atoms with E-state index in [9.17, 15) is 9.59 Å². The van der Waals surface area contributed by atoms with Crippen LogP contribution in [0.1, 0.15) is 49.9 Å². The zero-order valence-corrected chi connectivity index (χ0v) is 15.3. The fraction of sp³-hybridized carbons (Fsp3) is 0.737. The maximum absolute atomic E-state index is 12.8. The van der Waals surface area contributed by atoms with Crippen molar-refractivity contribution in [2.75, 3.05) is 11.9 Å². The van der Waals surface area contributed by atoms with Crippen LogP contribution in [-0.4, -0.2) is 28.3 Å². The molecule has 4 aliphatic rings. The van der Waals surface area contributed by atoms with E-state index in [-0.39, 0.29) is 23.9 Å². The maximum atomic E-state index is 12.8. The van der Waals surface area contributed by atoms with Crippen LogP contribution in [0, 0.1) is 37.0 Å². The Morgan fingerprint density at radius 2 is 1.72 bits per heavy atom. The van der Waals surface area contributed by atoms with Gasteiger partial charge in [0.25, 0.3) is 5.91 Å². The monoisotopic (exact) mass is 345 g/mol. The van der Waals surface area contributed by atoms with E-state index in [1.54, 1.807) is 4.68 Å². The minimum absolute atomic E-state index is 0.151. The van der Waals surface area contributed by atoms with Crippen LogP contribution >= 0.6 is 0 Å². The molecule has 25 heavy (non-hydrogen) atoms. The number of hydrogen-bond acceptors (Lipinski definition) is 4. The summed E-state index contributed by atoms with van der Waals surface area (Å²) in [6, 6.07) is 0. The lowest BCUT2D eigenvalue weighted by Gasteiger charge is -2.55. The molecule has 0 unspecified atom stereocenters. The number of ether oxygens (including phenoxy) is 1. The summed E-state index contributed by atoms with van der Waals surface area (Å²) in [5.74, 6) is 1.62. The highest BCUT2D eigenvalue weighted by molar-refractivity contribution is 5.94. The Morgan fingerprint density at radius 1 is 1.16 bits per heavy atom. The number of rotatable bonds is 4. The molecule has 4 saturated carbocycles. The number of esters is 1. The van der Waals surface area contributed by atoms with Crippen molar-refractivity contribution >= 4 is 17.6 Å². The molecule has 1 heterocycles. The highest BCUT2D eigenvalue weighted by Crippen LogP contribution is 2.60. The van der Waals surface area contributed by atoms with Gasteiger partial charge in [-0.05, 0) is 70.1 Å². The van der Waals surface area contributed by atoms with E-state index >= 15 is 0 Å². The normalized spacial score (nSPS) is 32.7. The van der Waals surface area contributed by atoms with E-state index in [4.69, 9.17) is 4.74 Å². The first-order valence-corrected chi connectivity index (χ1v) is 9.33. The molecule has 0 atom stereocenters. The van der Waals surface area contributed by atoms with Crippen molar-refractivity contribution in [2.45, 2.75) is 52.4 Å². The third-order valence-electron chi connectivity index (χ3n) is 6.58. The molecular formula is C19H27N3O3. The van der Waals surface area contributed by atoms with Crippen molar-refractivity contribution in [1.29, 1.82) is 0 Å². The van der Waals surface area contributed by atoms with E-state index in [2.05, 4.69) is 10.4 Å². The molecule has 136 valence electrons. The molecule has 4 bridgehead atoms. The van der Waals surface area contributed by atoms with Crippen LogP contribution in [0.15, 0.2) is 0 Å². The predicted octanol–water partition coefficient (Wildman–Crippen LogP) is 2.74. The number of carbonyl (C=O) groups excluding carboxylic acids is 2. The molecule has 5 rings (SSSR count). The molecule has 1 N–H and O–H groups in total. The smallest absolute Gasteiger partial charge is 0.312 e. The second-order valence-electron chi connectivity index (χ2n) is 8.49. The van der Waals surface area contributed by atoms with Gasteiger partial charge in [-0.3, -0.25) is 14.3 Å². The Hall–Kier alpha value is -1.85. The van der Waals surface area contributed by atoms with Gasteiger partial charge in [0.2, 0.25) is 0 Å². The molecule has 1 aromatic heterocycles. The van der Waals surface area contributed by atoms with Crippen molar-refractivity contribution in [1.82, 2.24) is 9.78 Å². The molecule has 0 aliphatic heterocycles. The minimum Gasteiger partial charge on any atom is -0.455 e. The van der Waals surface area contributed by atoms with Crippen molar-refractivity contribution in [2.24, 2.45) is 30.2 Å². The van der Waals surface area contributed by atoms with Crippen LogP contribution in [0.3, 0.4) is 0 Å². The van der Waals surface area contributed by atoms with Crippen LogP contribution in [0.25, 0.3) is 0 Å². The molecule has 4 aliphatic carbocycles. The quantitative estimate of drug-likeness (QED) is 0.852. The highest BCUT2D eigenvalue weighted by Gasteiger charge is 2.55. The van der Waals surface area contributed by atoms with Crippen LogP contribution in [0.5, 0.6) is 0 Å². The molecule has 0 saturated heterocycles. The molecule has 4 fully saturated rings. The topological polar surface area (TPSA) is 73.2 Å². The zero-order valence-electron chi connectivity index (χ0n) is 15.3. The van der Waals surface area contributed by atoms with Crippen LogP contribution < -0.4 is 5.32 Å². The Balaban J connectivity index is 1.37. The fourth-order valence-electron chi connectivity index (χ4n) is 5.77. The van der Waals surface area contributed by atoms with Crippen LogP contribution in [-0.2, 0) is 21.4 Å². The van der Waals surface area contributed by atoms with Gasteiger partial charge in [0, 0.05) is 7.05 Å². The SMILES string of the molecule is Cc1nn(C)c(C)c1NC(=O)COC(=O)C12CC3CC(CC(C3)C1)C2. The van der Waals surface area contributed by atoms with E-state index in [1.165, 1.54) is 19.3 Å². The molecule has 1 amide bonds. The van der Waals surface area contributed by atoms with E-state index in [0.29, 0.717) is 23.4 Å². The number of amides is 1. The number of aryl methyl sites for hydroxylation is 2. The van der Waals surface area contributed by atoms with Crippen molar-refractivity contribution in [3.63, 3.8) is 0 Å². The summed E-state index contributed by atoms with van der Waals surface area (Å²) in [5.41, 5.74) is 2.05. The fourth-order valence-corrected chi connectivity index (χ4v) is 5.77. The van der Waals surface area contributed by atoms with Gasteiger partial charge in [-0.2, -0.15) is 5.10 Å². The van der Waals surface area contributed by atoms with Gasteiger partial charge >= 0.3 is 5.97 Å². The van der Waals surface area contributed by atoms with Crippen LogP contribution in [0.2, 0.25) is 0 Å². The van der Waals surface area contributed by atoms with Crippen molar-refractivity contribution < 1.29 is 14.3 Å². The van der Waals surface area contributed by atoms with Gasteiger partial charge in [-0.25, -0.2) is 0 Å². The number of carbonyl (C=O) groups is 2. The Morgan fingerprint density at radius 3 is 2.20 bits per heavy atom. The Kier molecular flexibility index (Phi) is 3.89. The molecule has 6 heteroatoms. The van der Waals surface area contributed by atoms with Crippen molar-refractivity contribution in [3.05, 3.63) is 11.4 Å². The molecule has 6 nitrogen and oxygen atoms in total. The molecule has 1 aromatic rings. The first kappa shape index (κ1) is 16.6. The average Bonchev–Trinajstić information content (AvgIpc) is 2.77. The van der Waals surface area contributed by atoms with E-state index in [1.807, 2.05) is 20.9 Å². The summed E-state index contributed by atoms with van der Waals surface area (Å²) in [5, 5.41) is 7.11. The summed E-state index contributed by atoms with van der Waals surface area (Å²) >= 11 is 0. The van der Waals surface area contributed by atoms with Gasteiger partial charge in [-0.1, -0.05) is 0 Å². The summed E-state index contributed by atoms with van der Waals surface area (Å²) < 4.78 is 7.20. The number of nitrogens with one attached hydrogen (secondary N) is 1. The summed E-state index contributed by atoms with van der Waals surface area (Å²) in [7, 11) is 1.84. The lowest BCUT2D eigenvalue weighted by atomic mass is 9.49. The van der Waals surface area contributed by atoms with Gasteiger partial charge < -0.3 is 10.1 Å². The summed E-state index contributed by atoms with van der Waals surface area (Å²) in [6.45, 7) is 3.54. The second kappa shape index (κ2) is 5.85. The number of anilines is 1. The molecule has 0 radical (unpaired) electrons. The maximum Gasteiger partial charge on any atom is 0.312 e. The lowest BCUT2D eigenvalue weighted by molar-refractivity contribution is -0.172. The van der Waals surface area contributed by atoms with Gasteiger partial charge in [-0.15, -0.1) is 0 Å². The first-order chi connectivity index (χ1) is 11.9. The summed E-state index contributed by atoms with van der Waals surface area (Å²) in [4.78, 5) is 25.0. The molecule has 0 spiro atoms. The van der Waals surface area contributed by atoms with Crippen LogP contribution in [0.4, 0.5) is 5.69 Å². The molecule has 0 aromatic carbocycles. The third kappa shape index (κ3) is 2.85. The third-order valence-corrected chi connectivity index (χ3v) is 6.58. The Bertz CT molecular complexity index is 686. The highest BCUT2D eigenvalue weighted by atomic mass is 16.5.